The fourth-order valence-electron chi connectivity index (χ4n) is 2.02. The molecule has 138 valence electrons. The van der Waals surface area contributed by atoms with Crippen molar-refractivity contribution >= 4 is 41.3 Å². The summed E-state index contributed by atoms with van der Waals surface area (Å²) in [4.78, 5) is 10.2. The fourth-order valence-corrected chi connectivity index (χ4v) is 2.88. The van der Waals surface area contributed by atoms with Crippen LogP contribution in [0.3, 0.4) is 0 Å². The van der Waals surface area contributed by atoms with Crippen molar-refractivity contribution in [2.45, 2.75) is 46.3 Å². The summed E-state index contributed by atoms with van der Waals surface area (Å²) in [6.07, 6.45) is 2.00. The van der Waals surface area contributed by atoms with Gasteiger partial charge in [-0.1, -0.05) is 0 Å². The highest BCUT2D eigenvalue weighted by atomic mass is 127. The molecule has 24 heavy (non-hydrogen) atoms. The van der Waals surface area contributed by atoms with E-state index < -0.39 is 6.10 Å². The second-order valence-electron chi connectivity index (χ2n) is 5.96. The van der Waals surface area contributed by atoms with Crippen LogP contribution >= 0.6 is 35.3 Å². The fraction of sp³-hybridized carbons (Fsp3) is 0.750. The predicted octanol–water partition coefficient (Wildman–Crippen LogP) is 2.22. The van der Waals surface area contributed by atoms with Gasteiger partial charge in [0.25, 0.3) is 0 Å². The van der Waals surface area contributed by atoms with Crippen LogP contribution in [-0.4, -0.2) is 48.5 Å². The third-order valence-corrected chi connectivity index (χ3v) is 4.71. The number of ether oxygens (including phenoxy) is 1. The van der Waals surface area contributed by atoms with Crippen LogP contribution < -0.4 is 10.6 Å². The van der Waals surface area contributed by atoms with Gasteiger partial charge in [0, 0.05) is 24.6 Å². The van der Waals surface area contributed by atoms with Crippen LogP contribution in [0, 0.1) is 19.8 Å². The largest absolute Gasteiger partial charge is 0.389 e. The van der Waals surface area contributed by atoms with E-state index >= 15 is 0 Å². The Morgan fingerprint density at radius 1 is 1.42 bits per heavy atom. The predicted molar refractivity (Wildman–Crippen MR) is 109 cm³/mol. The first-order valence-corrected chi connectivity index (χ1v) is 9.11. The van der Waals surface area contributed by atoms with Gasteiger partial charge in [-0.3, -0.25) is 0 Å². The highest BCUT2D eigenvalue weighted by molar-refractivity contribution is 14.0. The van der Waals surface area contributed by atoms with Crippen molar-refractivity contribution in [3.8, 4) is 0 Å². The second kappa shape index (κ2) is 11.2. The molecule has 3 N–H and O–H groups in total. The molecule has 1 aromatic rings. The van der Waals surface area contributed by atoms with Crippen LogP contribution in [-0.2, 0) is 11.3 Å². The molecule has 1 aliphatic carbocycles. The number of hydrogen-bond donors (Lipinski definition) is 3. The smallest absolute Gasteiger partial charge is 0.191 e. The minimum Gasteiger partial charge on any atom is -0.389 e. The van der Waals surface area contributed by atoms with Crippen molar-refractivity contribution < 1.29 is 9.84 Å². The van der Waals surface area contributed by atoms with Gasteiger partial charge < -0.3 is 20.5 Å². The molecule has 1 saturated carbocycles. The highest BCUT2D eigenvalue weighted by Gasteiger charge is 2.21. The lowest BCUT2D eigenvalue weighted by Crippen LogP contribution is -2.42. The van der Waals surface area contributed by atoms with Gasteiger partial charge in [0.2, 0.25) is 0 Å². The first-order valence-electron chi connectivity index (χ1n) is 8.29. The van der Waals surface area contributed by atoms with Crippen LogP contribution in [0.4, 0.5) is 0 Å². The molecule has 0 aromatic carbocycles. The van der Waals surface area contributed by atoms with E-state index in [2.05, 4.69) is 27.5 Å². The number of aliphatic imine (C=N–C) groups is 1. The number of nitrogens with one attached hydrogen (secondary N) is 2. The van der Waals surface area contributed by atoms with Crippen molar-refractivity contribution in [3.63, 3.8) is 0 Å². The molecule has 1 unspecified atom stereocenters. The summed E-state index contributed by atoms with van der Waals surface area (Å²) in [7, 11) is 0. The van der Waals surface area contributed by atoms with Crippen molar-refractivity contribution in [3.05, 3.63) is 15.6 Å². The molecule has 1 aliphatic rings. The van der Waals surface area contributed by atoms with E-state index in [1.807, 2.05) is 13.8 Å². The molecule has 0 spiro atoms. The number of hydrogen-bond acceptors (Lipinski definition) is 5. The Kier molecular flexibility index (Phi) is 10.1. The number of halogens is 1. The van der Waals surface area contributed by atoms with E-state index in [0.29, 0.717) is 25.7 Å². The van der Waals surface area contributed by atoms with Gasteiger partial charge in [-0.05, 0) is 39.5 Å². The number of aryl methyl sites for hydroxylation is 2. The number of thiazole rings is 1. The SMILES string of the molecule is CCNC(=NCc1nc(C)c(C)s1)NCC(O)COCC1CC1.I. The monoisotopic (exact) mass is 468 g/mol. The zero-order valence-corrected chi connectivity index (χ0v) is 17.8. The van der Waals surface area contributed by atoms with Crippen molar-refractivity contribution in [1.82, 2.24) is 15.6 Å². The van der Waals surface area contributed by atoms with Crippen molar-refractivity contribution in [2.75, 3.05) is 26.3 Å². The van der Waals surface area contributed by atoms with Gasteiger partial charge in [0.1, 0.15) is 5.01 Å². The number of guanidine groups is 1. The first-order chi connectivity index (χ1) is 11.1. The van der Waals surface area contributed by atoms with E-state index in [9.17, 15) is 5.11 Å². The summed E-state index contributed by atoms with van der Waals surface area (Å²) in [5, 5.41) is 17.3. The Balaban J connectivity index is 0.00000288. The highest BCUT2D eigenvalue weighted by Crippen LogP contribution is 2.28. The molecule has 1 heterocycles. The number of rotatable bonds is 9. The number of aromatic nitrogens is 1. The summed E-state index contributed by atoms with van der Waals surface area (Å²) < 4.78 is 5.50. The van der Waals surface area contributed by atoms with Crippen LogP contribution in [0.25, 0.3) is 0 Å². The summed E-state index contributed by atoms with van der Waals surface area (Å²) in [6.45, 7) is 8.99. The molecule has 6 nitrogen and oxygen atoms in total. The Labute approximate surface area is 165 Å². The van der Waals surface area contributed by atoms with E-state index in [-0.39, 0.29) is 24.0 Å². The number of aliphatic hydroxyl groups excluding tert-OH is 1. The quantitative estimate of drug-likeness (QED) is 0.294. The Hall–Kier alpha value is -0.450. The molecular weight excluding hydrogens is 439 g/mol. The maximum Gasteiger partial charge on any atom is 0.191 e. The van der Waals surface area contributed by atoms with Crippen LogP contribution in [0.1, 0.15) is 35.3 Å². The molecule has 8 heteroatoms. The Bertz CT molecular complexity index is 501. The maximum absolute atomic E-state index is 9.94. The van der Waals surface area contributed by atoms with E-state index in [4.69, 9.17) is 4.74 Å². The minimum absolute atomic E-state index is 0. The maximum atomic E-state index is 9.94. The summed E-state index contributed by atoms with van der Waals surface area (Å²) in [5.74, 6) is 1.42. The minimum atomic E-state index is -0.526. The van der Waals surface area contributed by atoms with Gasteiger partial charge >= 0.3 is 0 Å². The number of nitrogens with zero attached hydrogens (tertiary/aromatic N) is 2. The van der Waals surface area contributed by atoms with Crippen LogP contribution in [0.5, 0.6) is 0 Å². The van der Waals surface area contributed by atoms with Crippen LogP contribution in [0.2, 0.25) is 0 Å². The van der Waals surface area contributed by atoms with Gasteiger partial charge in [-0.2, -0.15) is 0 Å². The second-order valence-corrected chi connectivity index (χ2v) is 7.25. The molecule has 0 radical (unpaired) electrons. The van der Waals surface area contributed by atoms with E-state index in [1.54, 1.807) is 11.3 Å². The van der Waals surface area contributed by atoms with E-state index in [1.165, 1.54) is 17.7 Å². The van der Waals surface area contributed by atoms with Gasteiger partial charge in [0.15, 0.2) is 5.96 Å². The lowest BCUT2D eigenvalue weighted by atomic mass is 10.4. The lowest BCUT2D eigenvalue weighted by Gasteiger charge is -2.15. The zero-order chi connectivity index (χ0) is 16.7. The standard InChI is InChI=1S/C16H28N4O2S.HI/c1-4-17-16(19-8-15-20-11(2)12(3)23-15)18-7-14(21)10-22-9-13-5-6-13;/h13-14,21H,4-10H2,1-3H3,(H2,17,18,19);1H. The third-order valence-electron chi connectivity index (χ3n) is 3.66. The first kappa shape index (κ1) is 21.6. The van der Waals surface area contributed by atoms with Crippen molar-refractivity contribution in [2.24, 2.45) is 10.9 Å². The lowest BCUT2D eigenvalue weighted by molar-refractivity contribution is 0.0345. The van der Waals surface area contributed by atoms with E-state index in [0.717, 1.165) is 29.8 Å². The third kappa shape index (κ3) is 8.09. The van der Waals surface area contributed by atoms with Crippen LogP contribution in [0.15, 0.2) is 4.99 Å². The molecular formula is C16H29IN4O2S. The van der Waals surface area contributed by atoms with Gasteiger partial charge in [-0.25, -0.2) is 9.98 Å². The van der Waals surface area contributed by atoms with Crippen molar-refractivity contribution in [1.29, 1.82) is 0 Å². The summed E-state index contributed by atoms with van der Waals surface area (Å²) in [5.41, 5.74) is 1.07. The molecule has 0 amide bonds. The van der Waals surface area contributed by atoms with Gasteiger partial charge in [-0.15, -0.1) is 35.3 Å². The average molecular weight is 468 g/mol. The molecule has 1 atom stereocenters. The normalized spacial score (nSPS) is 15.8. The molecule has 1 fully saturated rings. The average Bonchev–Trinajstić information content (AvgIpc) is 3.28. The topological polar surface area (TPSA) is 78.8 Å². The summed E-state index contributed by atoms with van der Waals surface area (Å²) in [6, 6.07) is 0. The van der Waals surface area contributed by atoms with Gasteiger partial charge in [0.05, 0.1) is 24.9 Å². The summed E-state index contributed by atoms with van der Waals surface area (Å²) >= 11 is 1.68. The molecule has 1 aromatic heterocycles. The molecule has 0 bridgehead atoms. The number of aliphatic hydroxyl groups is 1. The Morgan fingerprint density at radius 3 is 2.75 bits per heavy atom. The zero-order valence-electron chi connectivity index (χ0n) is 14.7. The molecule has 0 saturated heterocycles. The molecule has 2 rings (SSSR count). The molecule has 0 aliphatic heterocycles. The Morgan fingerprint density at radius 2 is 2.17 bits per heavy atom.